The molecular weight excluding hydrogens is 230 g/mol. The van der Waals surface area contributed by atoms with E-state index in [-0.39, 0.29) is 11.4 Å². The molecule has 0 heterocycles. The first-order valence-electron chi connectivity index (χ1n) is 4.43. The van der Waals surface area contributed by atoms with E-state index in [1.807, 2.05) is 4.72 Å². The predicted octanol–water partition coefficient (Wildman–Crippen LogP) is 1.76. The van der Waals surface area contributed by atoms with Gasteiger partial charge in [-0.25, -0.2) is 0 Å². The lowest BCUT2D eigenvalue weighted by molar-refractivity contribution is 0.482. The Bertz CT molecular complexity index is 631. The van der Waals surface area contributed by atoms with Gasteiger partial charge in [0.05, 0.1) is 5.69 Å². The van der Waals surface area contributed by atoms with Crippen LogP contribution in [0.15, 0.2) is 36.4 Å². The predicted molar refractivity (Wildman–Crippen MR) is 60.8 cm³/mol. The molecule has 5 nitrogen and oxygen atoms in total. The monoisotopic (exact) mass is 239 g/mol. The smallest absolute Gasteiger partial charge is 0.357 e. The summed E-state index contributed by atoms with van der Waals surface area (Å²) < 4.78 is 32.1. The summed E-state index contributed by atoms with van der Waals surface area (Å²) in [5.41, 5.74) is 0.137. The summed E-state index contributed by atoms with van der Waals surface area (Å²) >= 11 is 0. The Balaban J connectivity index is 2.70. The van der Waals surface area contributed by atoms with Gasteiger partial charge in [0, 0.05) is 5.39 Å². The normalized spacial score (nSPS) is 11.6. The largest absolute Gasteiger partial charge is 0.507 e. The van der Waals surface area contributed by atoms with Crippen molar-refractivity contribution in [1.29, 1.82) is 0 Å². The summed E-state index contributed by atoms with van der Waals surface area (Å²) in [6.07, 6.45) is 0. The highest BCUT2D eigenvalue weighted by Gasteiger charge is 2.09. The van der Waals surface area contributed by atoms with Crippen molar-refractivity contribution >= 4 is 26.8 Å². The third-order valence-corrected chi connectivity index (χ3v) is 2.60. The lowest BCUT2D eigenvalue weighted by Gasteiger charge is -2.08. The average Bonchev–Trinajstić information content (AvgIpc) is 2.15. The van der Waals surface area contributed by atoms with Crippen molar-refractivity contribution in [2.75, 3.05) is 4.72 Å². The van der Waals surface area contributed by atoms with E-state index >= 15 is 0 Å². The number of rotatable bonds is 2. The molecule has 0 saturated carbocycles. The van der Waals surface area contributed by atoms with Crippen LogP contribution in [-0.2, 0) is 10.3 Å². The third kappa shape index (κ3) is 2.07. The zero-order valence-corrected chi connectivity index (χ0v) is 8.90. The van der Waals surface area contributed by atoms with Crippen LogP contribution in [0.3, 0.4) is 0 Å². The highest BCUT2D eigenvalue weighted by molar-refractivity contribution is 7.87. The minimum absolute atomic E-state index is 0.0516. The molecule has 84 valence electrons. The Morgan fingerprint density at radius 2 is 1.69 bits per heavy atom. The Morgan fingerprint density at radius 3 is 2.31 bits per heavy atom. The highest BCUT2D eigenvalue weighted by Crippen LogP contribution is 2.31. The van der Waals surface area contributed by atoms with Crippen LogP contribution in [-0.4, -0.2) is 18.1 Å². The molecule has 0 saturated heterocycles. The molecule has 6 heteroatoms. The Morgan fingerprint density at radius 1 is 1.06 bits per heavy atom. The van der Waals surface area contributed by atoms with Crippen molar-refractivity contribution in [3.63, 3.8) is 0 Å². The van der Waals surface area contributed by atoms with Gasteiger partial charge in [0.2, 0.25) is 0 Å². The van der Waals surface area contributed by atoms with Crippen molar-refractivity contribution in [1.82, 2.24) is 0 Å². The molecule has 16 heavy (non-hydrogen) atoms. The second-order valence-corrected chi connectivity index (χ2v) is 4.41. The highest BCUT2D eigenvalue weighted by atomic mass is 32.2. The number of nitrogens with one attached hydrogen (secondary N) is 1. The molecule has 0 aliphatic heterocycles. The van der Waals surface area contributed by atoms with Gasteiger partial charge in [-0.15, -0.1) is 0 Å². The van der Waals surface area contributed by atoms with Gasteiger partial charge in [-0.1, -0.05) is 24.3 Å². The number of hydrogen-bond donors (Lipinski definition) is 3. The van der Waals surface area contributed by atoms with Gasteiger partial charge >= 0.3 is 10.3 Å². The lowest BCUT2D eigenvalue weighted by atomic mass is 10.1. The van der Waals surface area contributed by atoms with Crippen molar-refractivity contribution in [3.8, 4) is 5.75 Å². The van der Waals surface area contributed by atoms with Gasteiger partial charge in [0.15, 0.2) is 0 Å². The number of aromatic hydroxyl groups is 1. The molecule has 0 aliphatic rings. The van der Waals surface area contributed by atoms with Gasteiger partial charge in [-0.2, -0.15) is 8.42 Å². The molecule has 2 aromatic carbocycles. The maximum absolute atomic E-state index is 10.7. The summed E-state index contributed by atoms with van der Waals surface area (Å²) in [5, 5.41) is 10.7. The number of phenols is 1. The van der Waals surface area contributed by atoms with Gasteiger partial charge in [-0.3, -0.25) is 9.27 Å². The molecule has 0 radical (unpaired) electrons. The van der Waals surface area contributed by atoms with E-state index in [9.17, 15) is 13.5 Å². The first kappa shape index (κ1) is 10.7. The molecule has 0 amide bonds. The van der Waals surface area contributed by atoms with Crippen molar-refractivity contribution in [2.24, 2.45) is 0 Å². The number of hydrogen-bond acceptors (Lipinski definition) is 3. The lowest BCUT2D eigenvalue weighted by Crippen LogP contribution is -2.10. The Labute approximate surface area is 92.2 Å². The topological polar surface area (TPSA) is 86.6 Å². The molecule has 3 N–H and O–H groups in total. The molecular formula is C10H9NO4S. The van der Waals surface area contributed by atoms with E-state index in [1.165, 1.54) is 12.1 Å². The fourth-order valence-electron chi connectivity index (χ4n) is 1.55. The van der Waals surface area contributed by atoms with Gasteiger partial charge < -0.3 is 5.11 Å². The summed E-state index contributed by atoms with van der Waals surface area (Å²) in [4.78, 5) is 0. The van der Waals surface area contributed by atoms with E-state index < -0.39 is 10.3 Å². The molecule has 0 aromatic heterocycles. The second kappa shape index (κ2) is 3.66. The molecule has 0 unspecified atom stereocenters. The van der Waals surface area contributed by atoms with Crippen LogP contribution < -0.4 is 4.72 Å². The molecule has 0 atom stereocenters. The first-order chi connectivity index (χ1) is 7.47. The van der Waals surface area contributed by atoms with Gasteiger partial charge in [-0.05, 0) is 17.5 Å². The fraction of sp³-hybridized carbons (Fsp3) is 0. The molecule has 2 rings (SSSR count). The quantitative estimate of drug-likeness (QED) is 0.697. The van der Waals surface area contributed by atoms with Crippen LogP contribution in [0.4, 0.5) is 5.69 Å². The fourth-order valence-corrected chi connectivity index (χ4v) is 1.99. The van der Waals surface area contributed by atoms with Crippen LogP contribution in [0, 0.1) is 0 Å². The van der Waals surface area contributed by atoms with Crippen molar-refractivity contribution in [3.05, 3.63) is 36.4 Å². The minimum atomic E-state index is -4.35. The van der Waals surface area contributed by atoms with E-state index in [2.05, 4.69) is 0 Å². The van der Waals surface area contributed by atoms with Crippen LogP contribution in [0.25, 0.3) is 10.8 Å². The number of anilines is 1. The molecule has 0 spiro atoms. The van der Waals surface area contributed by atoms with E-state index in [4.69, 9.17) is 4.55 Å². The van der Waals surface area contributed by atoms with Crippen molar-refractivity contribution in [2.45, 2.75) is 0 Å². The first-order valence-corrected chi connectivity index (χ1v) is 5.87. The Hall–Kier alpha value is -1.79. The Kier molecular flexibility index (Phi) is 2.45. The standard InChI is InChI=1S/C10H9NO4S/c12-9-6-2-4-7-3-1-5-8(10(7)9)11-16(13,14)15/h1-6,11-12H,(H,13,14,15). The molecule has 0 bridgehead atoms. The van der Waals surface area contributed by atoms with Crippen LogP contribution in [0.2, 0.25) is 0 Å². The van der Waals surface area contributed by atoms with Gasteiger partial charge in [0.25, 0.3) is 0 Å². The van der Waals surface area contributed by atoms with Crippen LogP contribution in [0.5, 0.6) is 5.75 Å². The number of fused-ring (bicyclic) bond motifs is 1. The maximum atomic E-state index is 10.7. The molecule has 0 fully saturated rings. The van der Waals surface area contributed by atoms with E-state index in [0.717, 1.165) is 0 Å². The second-order valence-electron chi connectivity index (χ2n) is 3.26. The van der Waals surface area contributed by atoms with E-state index in [0.29, 0.717) is 10.8 Å². The minimum Gasteiger partial charge on any atom is -0.507 e. The molecule has 0 aliphatic carbocycles. The number of benzene rings is 2. The maximum Gasteiger partial charge on any atom is 0.357 e. The third-order valence-electron chi connectivity index (χ3n) is 2.12. The van der Waals surface area contributed by atoms with Crippen LogP contribution >= 0.6 is 0 Å². The summed E-state index contributed by atoms with van der Waals surface area (Å²) in [6, 6.07) is 9.62. The summed E-state index contributed by atoms with van der Waals surface area (Å²) in [6.45, 7) is 0. The molecule has 2 aromatic rings. The van der Waals surface area contributed by atoms with E-state index in [1.54, 1.807) is 24.3 Å². The van der Waals surface area contributed by atoms with Gasteiger partial charge in [0.1, 0.15) is 5.75 Å². The zero-order valence-electron chi connectivity index (χ0n) is 8.08. The van der Waals surface area contributed by atoms with Crippen LogP contribution in [0.1, 0.15) is 0 Å². The number of phenolic OH excluding ortho intramolecular Hbond substituents is 1. The zero-order chi connectivity index (χ0) is 11.8. The average molecular weight is 239 g/mol. The SMILES string of the molecule is O=S(=O)(O)Nc1cccc2cccc(O)c12. The summed E-state index contributed by atoms with van der Waals surface area (Å²) in [5.74, 6) is -0.0516. The summed E-state index contributed by atoms with van der Waals surface area (Å²) in [7, 11) is -4.35. The van der Waals surface area contributed by atoms with Crippen molar-refractivity contribution < 1.29 is 18.1 Å².